The summed E-state index contributed by atoms with van der Waals surface area (Å²) in [6.45, 7) is 1.77. The maximum atomic E-state index is 11.1. The number of halogens is 1. The number of hydrogen-bond acceptors (Lipinski definition) is 3. The third-order valence-corrected chi connectivity index (χ3v) is 1.92. The lowest BCUT2D eigenvalue weighted by molar-refractivity contribution is 0.0781. The molecule has 0 saturated heterocycles. The molecule has 0 aliphatic carbocycles. The largest absolute Gasteiger partial charge is 0.392 e. The molecule has 0 aromatic heterocycles. The smallest absolute Gasteiger partial charge is 0.349 e. The summed E-state index contributed by atoms with van der Waals surface area (Å²) in [5, 5.41) is 8.88. The van der Waals surface area contributed by atoms with E-state index in [1.165, 1.54) is 0 Å². The van der Waals surface area contributed by atoms with Gasteiger partial charge in [-0.1, -0.05) is 6.07 Å². The molecule has 4 heteroatoms. The van der Waals surface area contributed by atoms with Gasteiger partial charge in [-0.3, -0.25) is 0 Å². The predicted molar refractivity (Wildman–Crippen MR) is 51.4 cm³/mol. The average molecular weight is 245 g/mol. The summed E-state index contributed by atoms with van der Waals surface area (Å²) in [5.74, 6) is -0.460. The van der Waals surface area contributed by atoms with Gasteiger partial charge in [-0.05, 0) is 30.2 Å². The highest BCUT2D eigenvalue weighted by Gasteiger charge is 2.07. The molecule has 0 unspecified atom stereocenters. The van der Waals surface area contributed by atoms with E-state index in [4.69, 9.17) is 5.11 Å². The van der Waals surface area contributed by atoms with Crippen LogP contribution in [-0.2, 0) is 10.4 Å². The van der Waals surface area contributed by atoms with E-state index in [0.29, 0.717) is 11.1 Å². The fourth-order valence-electron chi connectivity index (χ4n) is 1.12. The lowest BCUT2D eigenvalue weighted by atomic mass is 10.1. The molecule has 1 N–H and O–H groups in total. The van der Waals surface area contributed by atoms with Gasteiger partial charge in [0.1, 0.15) is 0 Å². The number of hydrogen-bond donors (Lipinski definition) is 1. The van der Waals surface area contributed by atoms with Gasteiger partial charge in [0.25, 0.3) is 0 Å². The van der Waals surface area contributed by atoms with E-state index in [1.807, 2.05) is 13.0 Å². The van der Waals surface area contributed by atoms with Crippen LogP contribution in [0.15, 0.2) is 18.2 Å². The Morgan fingerprint density at radius 2 is 2.23 bits per heavy atom. The minimum Gasteiger partial charge on any atom is -0.392 e. The summed E-state index contributed by atoms with van der Waals surface area (Å²) < 4.78 is 4.38. The summed E-state index contributed by atoms with van der Waals surface area (Å²) in [6, 6.07) is 5.10. The number of aliphatic hydroxyl groups is 1. The number of carbonyl (C=O) groups excluding carboxylic acids is 1. The highest BCUT2D eigenvalue weighted by atomic mass is 79.9. The van der Waals surface area contributed by atoms with Crippen molar-refractivity contribution >= 4 is 22.2 Å². The Labute approximate surface area is 84.8 Å². The minimum absolute atomic E-state index is 0.0791. The van der Waals surface area contributed by atoms with Gasteiger partial charge in [-0.2, -0.15) is 0 Å². The Balaban J connectivity index is 3.08. The molecule has 0 aliphatic heterocycles. The lowest BCUT2D eigenvalue weighted by Gasteiger charge is -2.02. The molecule has 0 heterocycles. The lowest BCUT2D eigenvalue weighted by Crippen LogP contribution is -1.99. The van der Waals surface area contributed by atoms with E-state index in [-0.39, 0.29) is 6.61 Å². The highest BCUT2D eigenvalue weighted by molar-refractivity contribution is 9.06. The molecule has 70 valence electrons. The van der Waals surface area contributed by atoms with E-state index in [1.54, 1.807) is 12.1 Å². The first-order valence-electron chi connectivity index (χ1n) is 3.71. The molecule has 13 heavy (non-hydrogen) atoms. The van der Waals surface area contributed by atoms with Gasteiger partial charge in [0.05, 0.1) is 12.2 Å². The third-order valence-electron chi connectivity index (χ3n) is 1.63. The summed E-state index contributed by atoms with van der Waals surface area (Å²) in [4.78, 5) is 11.1. The van der Waals surface area contributed by atoms with Crippen molar-refractivity contribution in [1.29, 1.82) is 0 Å². The van der Waals surface area contributed by atoms with Gasteiger partial charge in [-0.15, -0.1) is 0 Å². The second kappa shape index (κ2) is 4.39. The van der Waals surface area contributed by atoms with Crippen LogP contribution >= 0.6 is 16.3 Å². The van der Waals surface area contributed by atoms with Gasteiger partial charge >= 0.3 is 5.97 Å². The topological polar surface area (TPSA) is 46.5 Å². The third kappa shape index (κ3) is 2.54. The van der Waals surface area contributed by atoms with Gasteiger partial charge in [0.15, 0.2) is 16.3 Å². The summed E-state index contributed by atoms with van der Waals surface area (Å²) in [7, 11) is 0. The number of aryl methyl sites for hydroxylation is 1. The van der Waals surface area contributed by atoms with Crippen LogP contribution in [0.1, 0.15) is 21.5 Å². The molecule has 0 saturated carbocycles. The Kier molecular flexibility index (Phi) is 3.45. The van der Waals surface area contributed by atoms with Crippen molar-refractivity contribution in [3.63, 3.8) is 0 Å². The molecule has 0 spiro atoms. The Bertz CT molecular complexity index is 323. The summed E-state index contributed by atoms with van der Waals surface area (Å²) in [6.07, 6.45) is 0. The molecule has 0 fully saturated rings. The zero-order valence-electron chi connectivity index (χ0n) is 7.08. The maximum absolute atomic E-state index is 11.1. The molecule has 1 aromatic rings. The molecule has 0 amide bonds. The van der Waals surface area contributed by atoms with Crippen molar-refractivity contribution in [3.05, 3.63) is 34.9 Å². The van der Waals surface area contributed by atoms with Crippen LogP contribution in [0.2, 0.25) is 0 Å². The van der Waals surface area contributed by atoms with Crippen molar-refractivity contribution in [1.82, 2.24) is 0 Å². The summed E-state index contributed by atoms with van der Waals surface area (Å²) in [5.41, 5.74) is 2.05. The molecule has 1 aromatic carbocycles. The van der Waals surface area contributed by atoms with Crippen molar-refractivity contribution in [3.8, 4) is 0 Å². The second-order valence-corrected chi connectivity index (χ2v) is 3.05. The second-order valence-electron chi connectivity index (χ2n) is 2.73. The van der Waals surface area contributed by atoms with Crippen molar-refractivity contribution in [2.45, 2.75) is 13.5 Å². The molecular formula is C9H9BrO3. The standard InChI is InChI=1S/C9H9BrO3/c1-6-2-7(5-11)4-8(3-6)9(12)13-10/h2-4,11H,5H2,1H3. The Hall–Kier alpha value is -0.870. The maximum Gasteiger partial charge on any atom is 0.349 e. The first kappa shape index (κ1) is 10.2. The van der Waals surface area contributed by atoms with Crippen LogP contribution in [0.3, 0.4) is 0 Å². The molecule has 0 atom stereocenters. The number of rotatable bonds is 2. The van der Waals surface area contributed by atoms with Crippen molar-refractivity contribution in [2.24, 2.45) is 0 Å². The predicted octanol–water partition coefficient (Wildman–Crippen LogP) is 1.95. The molecule has 0 aliphatic rings. The van der Waals surface area contributed by atoms with E-state index in [2.05, 4.69) is 20.1 Å². The molecule has 1 rings (SSSR count). The minimum atomic E-state index is -0.460. The Morgan fingerprint density at radius 1 is 1.54 bits per heavy atom. The fraction of sp³-hybridized carbons (Fsp3) is 0.222. The van der Waals surface area contributed by atoms with Crippen LogP contribution in [0.5, 0.6) is 0 Å². The van der Waals surface area contributed by atoms with Crippen LogP contribution in [-0.4, -0.2) is 11.1 Å². The molecule has 3 nitrogen and oxygen atoms in total. The fourth-order valence-corrected chi connectivity index (χ4v) is 1.30. The first-order chi connectivity index (χ1) is 6.17. The van der Waals surface area contributed by atoms with Crippen molar-refractivity contribution < 1.29 is 13.7 Å². The van der Waals surface area contributed by atoms with Crippen LogP contribution < -0.4 is 0 Å². The summed E-state index contributed by atoms with van der Waals surface area (Å²) >= 11 is 2.61. The first-order valence-corrected chi connectivity index (χ1v) is 4.36. The van der Waals surface area contributed by atoms with E-state index in [0.717, 1.165) is 5.56 Å². The molecule has 0 bridgehead atoms. The van der Waals surface area contributed by atoms with Crippen LogP contribution in [0, 0.1) is 6.92 Å². The molecular weight excluding hydrogens is 236 g/mol. The van der Waals surface area contributed by atoms with Gasteiger partial charge in [0, 0.05) is 0 Å². The van der Waals surface area contributed by atoms with Gasteiger partial charge in [-0.25, -0.2) is 4.79 Å². The van der Waals surface area contributed by atoms with E-state index in [9.17, 15) is 4.79 Å². The Morgan fingerprint density at radius 3 is 2.77 bits per heavy atom. The average Bonchev–Trinajstić information content (AvgIpc) is 2.15. The van der Waals surface area contributed by atoms with E-state index < -0.39 is 5.97 Å². The van der Waals surface area contributed by atoms with Gasteiger partial charge < -0.3 is 8.93 Å². The number of benzene rings is 1. The van der Waals surface area contributed by atoms with Crippen molar-refractivity contribution in [2.75, 3.05) is 0 Å². The number of aliphatic hydroxyl groups excluding tert-OH is 1. The van der Waals surface area contributed by atoms with Crippen LogP contribution in [0.4, 0.5) is 0 Å². The highest BCUT2D eigenvalue weighted by Crippen LogP contribution is 2.11. The zero-order chi connectivity index (χ0) is 9.84. The SMILES string of the molecule is Cc1cc(CO)cc(C(=O)OBr)c1. The zero-order valence-corrected chi connectivity index (χ0v) is 8.67. The quantitative estimate of drug-likeness (QED) is 0.866. The van der Waals surface area contributed by atoms with Gasteiger partial charge in [0.2, 0.25) is 0 Å². The van der Waals surface area contributed by atoms with Crippen LogP contribution in [0.25, 0.3) is 0 Å². The molecule has 0 radical (unpaired) electrons. The normalized spacial score (nSPS) is 9.77. The number of carbonyl (C=O) groups is 1. The monoisotopic (exact) mass is 244 g/mol. The van der Waals surface area contributed by atoms with E-state index >= 15 is 0 Å².